The number of hydrogen-bond donors (Lipinski definition) is 1. The molecule has 0 aliphatic heterocycles. The highest BCUT2D eigenvalue weighted by Crippen LogP contribution is 2.31. The molecule has 1 atom stereocenters. The molecule has 3 heterocycles. The Hall–Kier alpha value is -1.17. The van der Waals surface area contributed by atoms with E-state index < -0.39 is 0 Å². The van der Waals surface area contributed by atoms with Crippen molar-refractivity contribution < 1.29 is 0 Å². The first-order chi connectivity index (χ1) is 8.74. The van der Waals surface area contributed by atoms with Crippen molar-refractivity contribution in [3.8, 4) is 0 Å². The number of halogens is 1. The van der Waals surface area contributed by atoms with E-state index in [4.69, 9.17) is 11.6 Å². The highest BCUT2D eigenvalue weighted by molar-refractivity contribution is 7.17. The van der Waals surface area contributed by atoms with Gasteiger partial charge in [-0.25, -0.2) is 9.97 Å². The van der Waals surface area contributed by atoms with Gasteiger partial charge in [0.1, 0.15) is 12.1 Å². The van der Waals surface area contributed by atoms with Crippen molar-refractivity contribution in [2.75, 3.05) is 5.32 Å². The van der Waals surface area contributed by atoms with Crippen LogP contribution in [0.4, 0.5) is 5.82 Å². The van der Waals surface area contributed by atoms with Crippen LogP contribution in [0.1, 0.15) is 17.8 Å². The van der Waals surface area contributed by atoms with Crippen LogP contribution in [-0.2, 0) is 0 Å². The minimum absolute atomic E-state index is 0.183. The molecule has 3 rings (SSSR count). The Labute approximate surface area is 117 Å². The molecule has 0 saturated carbocycles. The van der Waals surface area contributed by atoms with Crippen LogP contribution in [-0.4, -0.2) is 9.97 Å². The Kier molecular flexibility index (Phi) is 3.20. The Balaban J connectivity index is 1.90. The second-order valence-corrected chi connectivity index (χ2v) is 6.53. The van der Waals surface area contributed by atoms with Gasteiger partial charge in [0.2, 0.25) is 0 Å². The molecule has 0 aliphatic carbocycles. The topological polar surface area (TPSA) is 37.8 Å². The maximum absolute atomic E-state index is 5.95. The summed E-state index contributed by atoms with van der Waals surface area (Å²) in [5.41, 5.74) is 0.980. The largest absolute Gasteiger partial charge is 0.361 e. The molecule has 1 N–H and O–H groups in total. The fourth-order valence-corrected chi connectivity index (χ4v) is 3.59. The van der Waals surface area contributed by atoms with Gasteiger partial charge in [0, 0.05) is 4.88 Å². The van der Waals surface area contributed by atoms with Crippen LogP contribution >= 0.6 is 34.3 Å². The summed E-state index contributed by atoms with van der Waals surface area (Å²) in [6.07, 6.45) is 1.59. The van der Waals surface area contributed by atoms with Gasteiger partial charge in [0.15, 0.2) is 0 Å². The third-order valence-corrected chi connectivity index (χ3v) is 4.94. The van der Waals surface area contributed by atoms with Gasteiger partial charge in [0.25, 0.3) is 0 Å². The van der Waals surface area contributed by atoms with E-state index in [9.17, 15) is 0 Å². The molecule has 0 aliphatic rings. The Morgan fingerprint density at radius 1 is 1.28 bits per heavy atom. The molecule has 0 spiro atoms. The smallest absolute Gasteiger partial charge is 0.147 e. The lowest BCUT2D eigenvalue weighted by molar-refractivity contribution is 0.898. The summed E-state index contributed by atoms with van der Waals surface area (Å²) in [7, 11) is 0. The van der Waals surface area contributed by atoms with E-state index in [1.165, 1.54) is 4.88 Å². The first-order valence-electron chi connectivity index (χ1n) is 5.44. The summed E-state index contributed by atoms with van der Waals surface area (Å²) in [6, 6.07) is 6.14. The predicted molar refractivity (Wildman–Crippen MR) is 78.8 cm³/mol. The molecule has 0 bridgehead atoms. The van der Waals surface area contributed by atoms with E-state index >= 15 is 0 Å². The van der Waals surface area contributed by atoms with Gasteiger partial charge in [-0.1, -0.05) is 11.6 Å². The fraction of sp³-hybridized carbons (Fsp3) is 0.167. The summed E-state index contributed by atoms with van der Waals surface area (Å²) in [6.45, 7) is 2.10. The lowest BCUT2D eigenvalue weighted by Crippen LogP contribution is -2.06. The van der Waals surface area contributed by atoms with Gasteiger partial charge in [-0.2, -0.15) is 0 Å². The molecule has 0 fully saturated rings. The SMILES string of the molecule is CC(Nc1ncnc2ccsc12)c1ccc(Cl)s1. The van der Waals surface area contributed by atoms with Crippen LogP contribution in [0.5, 0.6) is 0 Å². The molecule has 18 heavy (non-hydrogen) atoms. The molecule has 3 nitrogen and oxygen atoms in total. The molecule has 3 aromatic heterocycles. The van der Waals surface area contributed by atoms with E-state index in [1.807, 2.05) is 23.6 Å². The van der Waals surface area contributed by atoms with Crippen molar-refractivity contribution in [2.24, 2.45) is 0 Å². The summed E-state index contributed by atoms with van der Waals surface area (Å²) in [4.78, 5) is 9.74. The Bertz CT molecular complexity index is 677. The lowest BCUT2D eigenvalue weighted by Gasteiger charge is -2.12. The Morgan fingerprint density at radius 3 is 2.94 bits per heavy atom. The minimum atomic E-state index is 0.183. The monoisotopic (exact) mass is 295 g/mol. The van der Waals surface area contributed by atoms with Crippen LogP contribution in [0, 0.1) is 0 Å². The Morgan fingerprint density at radius 2 is 2.17 bits per heavy atom. The zero-order valence-corrected chi connectivity index (χ0v) is 11.9. The highest BCUT2D eigenvalue weighted by atomic mass is 35.5. The number of anilines is 1. The average Bonchev–Trinajstić information content (AvgIpc) is 2.97. The van der Waals surface area contributed by atoms with E-state index in [0.29, 0.717) is 0 Å². The molecular formula is C12H10ClN3S2. The number of fused-ring (bicyclic) bond motifs is 1. The van der Waals surface area contributed by atoms with Crippen molar-refractivity contribution in [3.63, 3.8) is 0 Å². The first kappa shape index (κ1) is 11.9. The van der Waals surface area contributed by atoms with Gasteiger partial charge in [-0.05, 0) is 30.5 Å². The van der Waals surface area contributed by atoms with Gasteiger partial charge in [-0.15, -0.1) is 22.7 Å². The molecule has 0 radical (unpaired) electrons. The zero-order valence-electron chi connectivity index (χ0n) is 9.55. The predicted octanol–water partition coefficient (Wildman–Crippen LogP) is 4.58. The van der Waals surface area contributed by atoms with E-state index in [2.05, 4.69) is 22.2 Å². The third-order valence-electron chi connectivity index (χ3n) is 2.62. The summed E-state index contributed by atoms with van der Waals surface area (Å²) in [5.74, 6) is 0.882. The molecule has 6 heteroatoms. The van der Waals surface area contributed by atoms with Crippen LogP contribution in [0.2, 0.25) is 4.34 Å². The van der Waals surface area contributed by atoms with Crippen LogP contribution in [0.3, 0.4) is 0 Å². The van der Waals surface area contributed by atoms with Crippen molar-refractivity contribution in [3.05, 3.63) is 39.1 Å². The zero-order chi connectivity index (χ0) is 12.5. The summed E-state index contributed by atoms with van der Waals surface area (Å²) < 4.78 is 1.90. The maximum Gasteiger partial charge on any atom is 0.147 e. The molecule has 0 aromatic carbocycles. The highest BCUT2D eigenvalue weighted by Gasteiger charge is 2.11. The van der Waals surface area contributed by atoms with E-state index in [0.717, 1.165) is 20.4 Å². The molecular weight excluding hydrogens is 286 g/mol. The third kappa shape index (κ3) is 2.21. The van der Waals surface area contributed by atoms with Crippen molar-refractivity contribution >= 4 is 50.3 Å². The van der Waals surface area contributed by atoms with Crippen molar-refractivity contribution in [2.45, 2.75) is 13.0 Å². The minimum Gasteiger partial charge on any atom is -0.361 e. The van der Waals surface area contributed by atoms with E-state index in [1.54, 1.807) is 29.0 Å². The first-order valence-corrected chi connectivity index (χ1v) is 7.51. The normalized spacial score (nSPS) is 12.8. The van der Waals surface area contributed by atoms with E-state index in [-0.39, 0.29) is 6.04 Å². The number of thiophene rings is 2. The summed E-state index contributed by atoms with van der Waals surface area (Å²) in [5, 5.41) is 5.44. The lowest BCUT2D eigenvalue weighted by atomic mass is 10.3. The average molecular weight is 296 g/mol. The standard InChI is InChI=1S/C12H10ClN3S2/c1-7(9-2-3-10(13)18-9)16-12-11-8(4-5-17-11)14-6-15-12/h2-7H,1H3,(H,14,15,16). The molecule has 0 amide bonds. The maximum atomic E-state index is 5.95. The molecule has 92 valence electrons. The van der Waals surface area contributed by atoms with Gasteiger partial charge >= 0.3 is 0 Å². The van der Waals surface area contributed by atoms with Crippen LogP contribution in [0.15, 0.2) is 29.9 Å². The second kappa shape index (κ2) is 4.84. The molecule has 0 saturated heterocycles. The quantitative estimate of drug-likeness (QED) is 0.768. The summed E-state index contributed by atoms with van der Waals surface area (Å²) >= 11 is 9.18. The number of aromatic nitrogens is 2. The number of nitrogens with zero attached hydrogens (tertiary/aromatic N) is 2. The molecule has 1 unspecified atom stereocenters. The van der Waals surface area contributed by atoms with Gasteiger partial charge in [-0.3, -0.25) is 0 Å². The van der Waals surface area contributed by atoms with Crippen molar-refractivity contribution in [1.82, 2.24) is 9.97 Å². The van der Waals surface area contributed by atoms with Crippen molar-refractivity contribution in [1.29, 1.82) is 0 Å². The van der Waals surface area contributed by atoms with Gasteiger partial charge < -0.3 is 5.32 Å². The second-order valence-electron chi connectivity index (χ2n) is 3.87. The van der Waals surface area contributed by atoms with Crippen LogP contribution in [0.25, 0.3) is 10.2 Å². The fourth-order valence-electron chi connectivity index (χ4n) is 1.73. The van der Waals surface area contributed by atoms with Crippen LogP contribution < -0.4 is 5.32 Å². The van der Waals surface area contributed by atoms with Gasteiger partial charge in [0.05, 0.1) is 20.6 Å². The number of rotatable bonds is 3. The number of nitrogens with one attached hydrogen (secondary N) is 1. The molecule has 3 aromatic rings. The number of hydrogen-bond acceptors (Lipinski definition) is 5.